The summed E-state index contributed by atoms with van der Waals surface area (Å²) in [5, 5.41) is 0. The first-order valence-electron chi connectivity index (χ1n) is 8.85. The lowest BCUT2D eigenvalue weighted by Crippen LogP contribution is -2.11. The van der Waals surface area contributed by atoms with Gasteiger partial charge in [0.05, 0.1) is 5.56 Å². The van der Waals surface area contributed by atoms with Gasteiger partial charge in [-0.3, -0.25) is 0 Å². The van der Waals surface area contributed by atoms with Gasteiger partial charge in [0.25, 0.3) is 0 Å². The van der Waals surface area contributed by atoms with Gasteiger partial charge in [-0.15, -0.1) is 0 Å². The smallest absolute Gasteiger partial charge is 0.338 e. The molecule has 0 spiro atoms. The number of carbonyl (C=O) groups is 1. The van der Waals surface area contributed by atoms with Gasteiger partial charge in [0.15, 0.2) is 0 Å². The molecule has 0 saturated heterocycles. The monoisotopic (exact) mass is 362 g/mol. The first-order valence-corrected chi connectivity index (χ1v) is 9.67. The van der Waals surface area contributed by atoms with Gasteiger partial charge < -0.3 is 4.74 Å². The molecule has 0 fully saturated rings. The van der Waals surface area contributed by atoms with E-state index < -0.39 is 0 Å². The lowest BCUT2D eigenvalue weighted by Gasteiger charge is -2.18. The average molecular weight is 362 g/mol. The molecule has 1 unspecified atom stereocenters. The SMILES string of the molecule is CCCC(OC(=O)c1ccccc1)c1ccc(Sc2ccccc2)cc1. The van der Waals surface area contributed by atoms with Crippen LogP contribution in [0.4, 0.5) is 0 Å². The van der Waals surface area contributed by atoms with E-state index in [1.54, 1.807) is 23.9 Å². The van der Waals surface area contributed by atoms with Gasteiger partial charge in [0, 0.05) is 9.79 Å². The van der Waals surface area contributed by atoms with Gasteiger partial charge in [-0.05, 0) is 48.4 Å². The number of rotatable bonds is 7. The topological polar surface area (TPSA) is 26.3 Å². The quantitative estimate of drug-likeness (QED) is 0.447. The van der Waals surface area contributed by atoms with Crippen LogP contribution in [0, 0.1) is 0 Å². The van der Waals surface area contributed by atoms with Gasteiger partial charge in [-0.2, -0.15) is 0 Å². The third-order valence-electron chi connectivity index (χ3n) is 4.04. The highest BCUT2D eigenvalue weighted by Crippen LogP contribution is 2.30. The van der Waals surface area contributed by atoms with Crippen LogP contribution in [0.1, 0.15) is 41.8 Å². The largest absolute Gasteiger partial charge is 0.454 e. The molecule has 132 valence electrons. The average Bonchev–Trinajstić information content (AvgIpc) is 2.70. The van der Waals surface area contributed by atoms with E-state index in [1.165, 1.54) is 9.79 Å². The fourth-order valence-electron chi connectivity index (χ4n) is 2.70. The van der Waals surface area contributed by atoms with Crippen molar-refractivity contribution < 1.29 is 9.53 Å². The Morgan fingerprint density at radius 2 is 1.42 bits per heavy atom. The predicted molar refractivity (Wildman–Crippen MR) is 107 cm³/mol. The molecule has 0 N–H and O–H groups in total. The van der Waals surface area contributed by atoms with E-state index in [2.05, 4.69) is 43.3 Å². The van der Waals surface area contributed by atoms with Gasteiger partial charge in [0.1, 0.15) is 6.10 Å². The number of esters is 1. The van der Waals surface area contributed by atoms with Crippen molar-refractivity contribution >= 4 is 17.7 Å². The zero-order valence-corrected chi connectivity index (χ0v) is 15.6. The Hall–Kier alpha value is -2.52. The highest BCUT2D eigenvalue weighted by atomic mass is 32.2. The minimum Gasteiger partial charge on any atom is -0.454 e. The summed E-state index contributed by atoms with van der Waals surface area (Å²) in [4.78, 5) is 14.8. The van der Waals surface area contributed by atoms with E-state index in [4.69, 9.17) is 4.74 Å². The van der Waals surface area contributed by atoms with Gasteiger partial charge in [-0.1, -0.05) is 73.6 Å². The second-order valence-corrected chi connectivity index (χ2v) is 7.18. The Bertz CT molecular complexity index is 814. The lowest BCUT2D eigenvalue weighted by molar-refractivity contribution is 0.0275. The molecule has 3 rings (SSSR count). The molecule has 3 aromatic carbocycles. The molecule has 0 aromatic heterocycles. The van der Waals surface area contributed by atoms with Gasteiger partial charge in [0.2, 0.25) is 0 Å². The van der Waals surface area contributed by atoms with Gasteiger partial charge >= 0.3 is 5.97 Å². The third-order valence-corrected chi connectivity index (χ3v) is 5.06. The molecule has 1 atom stereocenters. The van der Waals surface area contributed by atoms with Crippen LogP contribution in [-0.2, 0) is 4.74 Å². The molecule has 2 nitrogen and oxygen atoms in total. The highest BCUT2D eigenvalue weighted by molar-refractivity contribution is 7.99. The van der Waals surface area contributed by atoms with Crippen LogP contribution >= 0.6 is 11.8 Å². The van der Waals surface area contributed by atoms with E-state index in [1.807, 2.05) is 36.4 Å². The van der Waals surface area contributed by atoms with E-state index >= 15 is 0 Å². The fourth-order valence-corrected chi connectivity index (χ4v) is 3.54. The van der Waals surface area contributed by atoms with Gasteiger partial charge in [-0.25, -0.2) is 4.79 Å². The van der Waals surface area contributed by atoms with Crippen LogP contribution in [0.5, 0.6) is 0 Å². The van der Waals surface area contributed by atoms with Crippen LogP contribution in [0.3, 0.4) is 0 Å². The fraction of sp³-hybridized carbons (Fsp3) is 0.174. The Balaban J connectivity index is 1.70. The molecule has 0 aliphatic heterocycles. The molecule has 3 aromatic rings. The maximum absolute atomic E-state index is 12.4. The van der Waals surface area contributed by atoms with Crippen LogP contribution in [0.15, 0.2) is 94.7 Å². The molecule has 0 amide bonds. The molecular formula is C23H22O2S. The van der Waals surface area contributed by atoms with Crippen molar-refractivity contribution in [2.24, 2.45) is 0 Å². The van der Waals surface area contributed by atoms with Crippen LogP contribution in [0.25, 0.3) is 0 Å². The molecule has 0 radical (unpaired) electrons. The minimum absolute atomic E-state index is 0.219. The van der Waals surface area contributed by atoms with E-state index in [0.29, 0.717) is 5.56 Å². The molecule has 0 aliphatic carbocycles. The van der Waals surface area contributed by atoms with E-state index in [-0.39, 0.29) is 12.1 Å². The number of ether oxygens (including phenoxy) is 1. The molecule has 3 heteroatoms. The lowest BCUT2D eigenvalue weighted by atomic mass is 10.1. The maximum atomic E-state index is 12.4. The number of hydrogen-bond acceptors (Lipinski definition) is 3. The summed E-state index contributed by atoms with van der Waals surface area (Å²) in [6, 6.07) is 27.7. The van der Waals surface area contributed by atoms with Crippen LogP contribution in [0.2, 0.25) is 0 Å². The number of hydrogen-bond donors (Lipinski definition) is 0. The summed E-state index contributed by atoms with van der Waals surface area (Å²) < 4.78 is 5.78. The first kappa shape index (κ1) is 18.3. The van der Waals surface area contributed by atoms with Crippen molar-refractivity contribution in [2.45, 2.75) is 35.7 Å². The number of carbonyl (C=O) groups excluding carboxylic acids is 1. The third kappa shape index (κ3) is 4.99. The second kappa shape index (κ2) is 9.25. The van der Waals surface area contributed by atoms with Crippen molar-refractivity contribution in [3.05, 3.63) is 96.1 Å². The van der Waals surface area contributed by atoms with Crippen molar-refractivity contribution in [1.82, 2.24) is 0 Å². The molecule has 0 aliphatic rings. The summed E-state index contributed by atoms with van der Waals surface area (Å²) in [5.41, 5.74) is 1.62. The summed E-state index contributed by atoms with van der Waals surface area (Å²) >= 11 is 1.72. The van der Waals surface area contributed by atoms with Crippen molar-refractivity contribution in [3.8, 4) is 0 Å². The highest BCUT2D eigenvalue weighted by Gasteiger charge is 2.17. The Labute approximate surface area is 159 Å². The maximum Gasteiger partial charge on any atom is 0.338 e. The summed E-state index contributed by atoms with van der Waals surface area (Å²) in [6.07, 6.45) is 1.54. The first-order chi connectivity index (χ1) is 12.8. The zero-order chi connectivity index (χ0) is 18.2. The molecule has 0 heterocycles. The molecule has 0 saturated carbocycles. The Morgan fingerprint density at radius 3 is 2.04 bits per heavy atom. The van der Waals surface area contributed by atoms with Crippen LogP contribution < -0.4 is 0 Å². The number of benzene rings is 3. The Kier molecular flexibility index (Phi) is 6.50. The summed E-state index contributed by atoms with van der Waals surface area (Å²) in [6.45, 7) is 2.10. The van der Waals surface area contributed by atoms with Crippen LogP contribution in [-0.4, -0.2) is 5.97 Å². The normalized spacial score (nSPS) is 11.7. The Morgan fingerprint density at radius 1 is 0.846 bits per heavy atom. The van der Waals surface area contributed by atoms with Crippen molar-refractivity contribution in [1.29, 1.82) is 0 Å². The minimum atomic E-state index is -0.271. The zero-order valence-electron chi connectivity index (χ0n) is 14.8. The molecule has 26 heavy (non-hydrogen) atoms. The summed E-state index contributed by atoms with van der Waals surface area (Å²) in [5.74, 6) is -0.271. The standard InChI is InChI=1S/C23H22O2S/c1-2-9-22(25-23(24)19-10-5-3-6-11-19)18-14-16-21(17-15-18)26-20-12-7-4-8-13-20/h3-8,10-17,22H,2,9H2,1H3. The van der Waals surface area contributed by atoms with E-state index in [9.17, 15) is 4.79 Å². The summed E-state index contributed by atoms with van der Waals surface area (Å²) in [7, 11) is 0. The predicted octanol–water partition coefficient (Wildman–Crippen LogP) is 6.54. The second-order valence-electron chi connectivity index (χ2n) is 6.03. The van der Waals surface area contributed by atoms with E-state index in [0.717, 1.165) is 18.4 Å². The van der Waals surface area contributed by atoms with Crippen molar-refractivity contribution in [3.63, 3.8) is 0 Å². The van der Waals surface area contributed by atoms with Crippen molar-refractivity contribution in [2.75, 3.05) is 0 Å². The molecule has 0 bridgehead atoms. The molecular weight excluding hydrogens is 340 g/mol.